The summed E-state index contributed by atoms with van der Waals surface area (Å²) in [5.74, 6) is -2.50. The van der Waals surface area contributed by atoms with Crippen molar-refractivity contribution in [2.45, 2.75) is 25.8 Å². The van der Waals surface area contributed by atoms with E-state index < -0.39 is 11.7 Å². The lowest BCUT2D eigenvalue weighted by molar-refractivity contribution is -0.133. The molecule has 2 heterocycles. The van der Waals surface area contributed by atoms with Crippen molar-refractivity contribution < 1.29 is 19.2 Å². The number of urea groups is 1. The maximum absolute atomic E-state index is 12.8. The molecule has 2 aliphatic rings. The quantitative estimate of drug-likeness (QED) is 0.462. The number of carbonyl (C=O) groups excluding carboxylic acids is 4. The molecule has 1 aliphatic heterocycles. The van der Waals surface area contributed by atoms with Crippen LogP contribution in [0.1, 0.15) is 35.3 Å². The number of carbonyl (C=O) groups is 4. The first-order valence-electron chi connectivity index (χ1n) is 8.13. The Labute approximate surface area is 149 Å². The summed E-state index contributed by atoms with van der Waals surface area (Å²) in [4.78, 5) is 56.4. The van der Waals surface area contributed by atoms with E-state index >= 15 is 0 Å². The maximum Gasteiger partial charge on any atom is 0.320 e. The van der Waals surface area contributed by atoms with Gasteiger partial charge in [0, 0.05) is 38.5 Å². The van der Waals surface area contributed by atoms with Crippen LogP contribution in [-0.2, 0) is 16.1 Å². The number of aromatic nitrogens is 1. The summed E-state index contributed by atoms with van der Waals surface area (Å²) in [6.07, 6.45) is 0.948. The molecule has 7 nitrogen and oxygen atoms in total. The van der Waals surface area contributed by atoms with Gasteiger partial charge < -0.3 is 9.80 Å². The lowest BCUT2D eigenvalue weighted by atomic mass is 9.81. The molecule has 0 N–H and O–H groups in total. The van der Waals surface area contributed by atoms with Gasteiger partial charge in [0.15, 0.2) is 17.3 Å². The number of hydrogen-bond donors (Lipinski definition) is 0. The second kappa shape index (κ2) is 6.92. The van der Waals surface area contributed by atoms with E-state index in [4.69, 9.17) is 11.6 Å². The van der Waals surface area contributed by atoms with Gasteiger partial charge in [-0.25, -0.2) is 9.78 Å². The number of likely N-dealkylation sites (N-methyl/N-ethyl adjacent to an activating group) is 1. The van der Waals surface area contributed by atoms with E-state index in [0.29, 0.717) is 25.2 Å². The van der Waals surface area contributed by atoms with Gasteiger partial charge in [-0.05, 0) is 18.6 Å². The molecule has 0 atom stereocenters. The fraction of sp³-hybridized carbons (Fsp3) is 0.471. The van der Waals surface area contributed by atoms with Crippen LogP contribution in [0.5, 0.6) is 0 Å². The van der Waals surface area contributed by atoms with Gasteiger partial charge in [-0.1, -0.05) is 11.6 Å². The normalized spacial score (nSPS) is 19.0. The summed E-state index contributed by atoms with van der Waals surface area (Å²) in [6.45, 7) is 1.21. The Balaban J connectivity index is 1.91. The number of nitrogens with zero attached hydrogens (tertiary/aromatic N) is 3. The van der Waals surface area contributed by atoms with Gasteiger partial charge in [0.2, 0.25) is 0 Å². The summed E-state index contributed by atoms with van der Waals surface area (Å²) in [7, 11) is 1.69. The molecular formula is C17H18ClN3O4. The van der Waals surface area contributed by atoms with E-state index in [1.54, 1.807) is 16.8 Å². The Hall–Kier alpha value is -2.28. The van der Waals surface area contributed by atoms with Gasteiger partial charge in [-0.15, -0.1) is 0 Å². The van der Waals surface area contributed by atoms with Gasteiger partial charge in [-0.3, -0.25) is 14.4 Å². The van der Waals surface area contributed by atoms with E-state index in [2.05, 4.69) is 4.98 Å². The van der Waals surface area contributed by atoms with Crippen LogP contribution in [0.25, 0.3) is 0 Å². The molecule has 1 aliphatic carbocycles. The van der Waals surface area contributed by atoms with Crippen molar-refractivity contribution >= 4 is 35.0 Å². The number of rotatable bonds is 4. The first-order chi connectivity index (χ1) is 11.9. The molecule has 2 amide bonds. The molecule has 0 aromatic carbocycles. The van der Waals surface area contributed by atoms with Gasteiger partial charge in [-0.2, -0.15) is 0 Å². The average molecular weight is 364 g/mol. The van der Waals surface area contributed by atoms with Crippen LogP contribution in [0, 0.1) is 5.92 Å². The highest BCUT2D eigenvalue weighted by atomic mass is 35.5. The molecule has 132 valence electrons. The SMILES string of the molecule is CN1CCN(Cc2nc(Cl)ccc2C(=O)C2C(=O)CCCC2=O)C1=O. The van der Waals surface area contributed by atoms with Gasteiger partial charge in [0.05, 0.1) is 12.2 Å². The number of halogens is 1. The summed E-state index contributed by atoms with van der Waals surface area (Å²) < 4.78 is 0. The van der Waals surface area contributed by atoms with Crippen LogP contribution in [0.4, 0.5) is 4.79 Å². The Kier molecular flexibility index (Phi) is 4.85. The summed E-state index contributed by atoms with van der Waals surface area (Å²) in [5.41, 5.74) is 0.493. The Morgan fingerprint density at radius 1 is 1.20 bits per heavy atom. The van der Waals surface area contributed by atoms with Crippen LogP contribution in [-0.4, -0.2) is 58.3 Å². The maximum atomic E-state index is 12.8. The van der Waals surface area contributed by atoms with Crippen molar-refractivity contribution in [3.8, 4) is 0 Å². The van der Waals surface area contributed by atoms with Crippen molar-refractivity contribution in [3.63, 3.8) is 0 Å². The third-order valence-electron chi connectivity index (χ3n) is 4.60. The molecule has 25 heavy (non-hydrogen) atoms. The third kappa shape index (κ3) is 3.42. The summed E-state index contributed by atoms with van der Waals surface area (Å²) >= 11 is 5.94. The number of hydrogen-bond acceptors (Lipinski definition) is 5. The fourth-order valence-corrected chi connectivity index (χ4v) is 3.37. The van der Waals surface area contributed by atoms with Gasteiger partial charge in [0.1, 0.15) is 11.1 Å². The van der Waals surface area contributed by atoms with E-state index in [1.807, 2.05) is 0 Å². The zero-order valence-electron chi connectivity index (χ0n) is 13.8. The van der Waals surface area contributed by atoms with Crippen LogP contribution >= 0.6 is 11.6 Å². The zero-order chi connectivity index (χ0) is 18.1. The standard InChI is InChI=1S/C17H18ClN3O4/c1-20-7-8-21(17(20)25)9-11-10(5-6-14(18)19-11)16(24)15-12(22)3-2-4-13(15)23/h5-6,15H,2-4,7-9H2,1H3. The molecule has 1 saturated carbocycles. The minimum atomic E-state index is -1.26. The number of Topliss-reactive ketones (excluding diaryl/α,β-unsaturated/α-hetero) is 3. The molecule has 0 bridgehead atoms. The lowest BCUT2D eigenvalue weighted by Crippen LogP contribution is -2.36. The number of pyridine rings is 1. The van der Waals surface area contributed by atoms with Crippen molar-refractivity contribution in [1.82, 2.24) is 14.8 Å². The highest BCUT2D eigenvalue weighted by Gasteiger charge is 2.38. The molecule has 3 rings (SSSR count). The minimum Gasteiger partial charge on any atom is -0.326 e. The lowest BCUT2D eigenvalue weighted by Gasteiger charge is -2.21. The first kappa shape index (κ1) is 17.5. The van der Waals surface area contributed by atoms with Crippen molar-refractivity contribution in [1.29, 1.82) is 0 Å². The average Bonchev–Trinajstić information content (AvgIpc) is 2.87. The van der Waals surface area contributed by atoms with E-state index in [-0.39, 0.29) is 47.7 Å². The topological polar surface area (TPSA) is 87.7 Å². The van der Waals surface area contributed by atoms with Crippen molar-refractivity contribution in [2.24, 2.45) is 5.92 Å². The monoisotopic (exact) mass is 363 g/mol. The van der Waals surface area contributed by atoms with E-state index in [0.717, 1.165) is 0 Å². The molecule has 0 radical (unpaired) electrons. The van der Waals surface area contributed by atoms with Crippen LogP contribution in [0.2, 0.25) is 5.15 Å². The molecular weight excluding hydrogens is 346 g/mol. The van der Waals surface area contributed by atoms with Gasteiger partial charge in [0.25, 0.3) is 0 Å². The smallest absolute Gasteiger partial charge is 0.320 e. The predicted octanol–water partition coefficient (Wildman–Crippen LogP) is 1.72. The predicted molar refractivity (Wildman–Crippen MR) is 89.4 cm³/mol. The highest BCUT2D eigenvalue weighted by molar-refractivity contribution is 6.30. The zero-order valence-corrected chi connectivity index (χ0v) is 14.6. The van der Waals surface area contributed by atoms with Gasteiger partial charge >= 0.3 is 6.03 Å². The molecule has 1 aromatic rings. The van der Waals surface area contributed by atoms with Crippen LogP contribution in [0.15, 0.2) is 12.1 Å². The second-order valence-corrected chi connectivity index (χ2v) is 6.72. The highest BCUT2D eigenvalue weighted by Crippen LogP contribution is 2.25. The third-order valence-corrected chi connectivity index (χ3v) is 4.81. The number of amides is 2. The largest absolute Gasteiger partial charge is 0.326 e. The Bertz CT molecular complexity index is 748. The molecule has 2 fully saturated rings. The van der Waals surface area contributed by atoms with Crippen molar-refractivity contribution in [3.05, 3.63) is 28.5 Å². The molecule has 8 heteroatoms. The van der Waals surface area contributed by atoms with Crippen molar-refractivity contribution in [2.75, 3.05) is 20.1 Å². The molecule has 1 saturated heterocycles. The molecule has 1 aromatic heterocycles. The first-order valence-corrected chi connectivity index (χ1v) is 8.51. The van der Waals surface area contributed by atoms with E-state index in [9.17, 15) is 19.2 Å². The minimum absolute atomic E-state index is 0.111. The Morgan fingerprint density at radius 3 is 2.48 bits per heavy atom. The Morgan fingerprint density at radius 2 is 1.88 bits per heavy atom. The molecule has 0 unspecified atom stereocenters. The fourth-order valence-electron chi connectivity index (χ4n) is 3.20. The number of ketones is 3. The summed E-state index contributed by atoms with van der Waals surface area (Å²) in [5, 5.41) is 0.188. The summed E-state index contributed by atoms with van der Waals surface area (Å²) in [6, 6.07) is 2.77. The van der Waals surface area contributed by atoms with E-state index in [1.165, 1.54) is 12.1 Å². The second-order valence-electron chi connectivity index (χ2n) is 6.34. The van der Waals surface area contributed by atoms with Crippen LogP contribution < -0.4 is 0 Å². The van der Waals surface area contributed by atoms with Crippen LogP contribution in [0.3, 0.4) is 0 Å². The molecule has 0 spiro atoms.